The van der Waals surface area contributed by atoms with Gasteiger partial charge in [-0.1, -0.05) is 0 Å². The van der Waals surface area contributed by atoms with E-state index in [-0.39, 0.29) is 31.0 Å². The molecule has 1 unspecified atom stereocenters. The van der Waals surface area contributed by atoms with Crippen molar-refractivity contribution in [2.24, 2.45) is 7.05 Å². The van der Waals surface area contributed by atoms with Gasteiger partial charge in [0.1, 0.15) is 11.6 Å². The number of nitrogens with zero attached hydrogens (tertiary/aromatic N) is 3. The lowest BCUT2D eigenvalue weighted by Gasteiger charge is -2.36. The Balaban J connectivity index is 0.00000210. The Bertz CT molecular complexity index is 790. The van der Waals surface area contributed by atoms with Gasteiger partial charge in [0.05, 0.1) is 6.04 Å². The second kappa shape index (κ2) is 8.28. The summed E-state index contributed by atoms with van der Waals surface area (Å²) in [5.41, 5.74) is 0.635. The highest BCUT2D eigenvalue weighted by Crippen LogP contribution is 2.40. The number of hydrogen-bond acceptors (Lipinski definition) is 6. The minimum atomic E-state index is -2.90. The molecule has 0 spiro atoms. The van der Waals surface area contributed by atoms with Crippen LogP contribution in [-0.2, 0) is 13.6 Å². The molecule has 148 valence electrons. The van der Waals surface area contributed by atoms with E-state index in [1.165, 1.54) is 6.07 Å². The number of halogens is 3. The third-order valence-corrected chi connectivity index (χ3v) is 4.66. The van der Waals surface area contributed by atoms with Gasteiger partial charge in [-0.3, -0.25) is 4.90 Å². The van der Waals surface area contributed by atoms with E-state index >= 15 is 0 Å². The number of rotatable bonds is 5. The number of piperazine rings is 1. The summed E-state index contributed by atoms with van der Waals surface area (Å²) in [7, 11) is 1.95. The predicted octanol–water partition coefficient (Wildman–Crippen LogP) is 2.32. The Kier molecular flexibility index (Phi) is 6.03. The van der Waals surface area contributed by atoms with Crippen LogP contribution in [0, 0.1) is 0 Å². The molecule has 27 heavy (non-hydrogen) atoms. The molecule has 10 heteroatoms. The van der Waals surface area contributed by atoms with E-state index in [0.717, 1.165) is 25.5 Å². The summed E-state index contributed by atoms with van der Waals surface area (Å²) in [4.78, 5) is 6.65. The zero-order chi connectivity index (χ0) is 18.1. The van der Waals surface area contributed by atoms with Gasteiger partial charge >= 0.3 is 6.61 Å². The van der Waals surface area contributed by atoms with Crippen LogP contribution in [-0.4, -0.2) is 47.5 Å². The molecule has 2 aromatic rings. The lowest BCUT2D eigenvalue weighted by molar-refractivity contribution is -0.0510. The van der Waals surface area contributed by atoms with Gasteiger partial charge in [-0.2, -0.15) is 8.78 Å². The van der Waals surface area contributed by atoms with Crippen LogP contribution < -0.4 is 19.5 Å². The van der Waals surface area contributed by atoms with Gasteiger partial charge in [0.2, 0.25) is 6.79 Å². The number of aromatic nitrogens is 2. The number of nitrogens with one attached hydrogen (secondary N) is 1. The van der Waals surface area contributed by atoms with Crippen LogP contribution in [0.3, 0.4) is 0 Å². The van der Waals surface area contributed by atoms with Gasteiger partial charge in [-0.05, 0) is 6.07 Å². The average molecular weight is 403 g/mol. The number of alkyl halides is 2. The standard InChI is InChI=1S/C17H20F2N4O3.ClH/c1-22-4-3-21-16(22)12-8-20-2-5-23(12)9-11-6-14-15(25-10-24-14)7-13(11)26-17(18)19;/h3-4,6-7,12,17,20H,2,5,8-10H2,1H3;1H. The summed E-state index contributed by atoms with van der Waals surface area (Å²) in [5.74, 6) is 2.01. The largest absolute Gasteiger partial charge is 0.454 e. The fourth-order valence-corrected chi connectivity index (χ4v) is 3.40. The molecule has 2 aliphatic heterocycles. The summed E-state index contributed by atoms with van der Waals surface area (Å²) in [5, 5.41) is 3.36. The highest BCUT2D eigenvalue weighted by atomic mass is 35.5. The molecule has 0 bridgehead atoms. The lowest BCUT2D eigenvalue weighted by Crippen LogP contribution is -2.46. The van der Waals surface area contributed by atoms with Gasteiger partial charge in [0, 0.05) is 57.3 Å². The Hall–Kier alpha value is -2.10. The predicted molar refractivity (Wildman–Crippen MR) is 95.7 cm³/mol. The number of hydrogen-bond donors (Lipinski definition) is 1. The number of imidazole rings is 1. The van der Waals surface area contributed by atoms with E-state index in [1.807, 2.05) is 17.8 Å². The van der Waals surface area contributed by atoms with Crippen molar-refractivity contribution in [3.8, 4) is 17.2 Å². The molecule has 4 rings (SSSR count). The molecule has 2 aliphatic rings. The second-order valence-electron chi connectivity index (χ2n) is 6.28. The Morgan fingerprint density at radius 2 is 2.11 bits per heavy atom. The van der Waals surface area contributed by atoms with Crippen molar-refractivity contribution in [2.45, 2.75) is 19.2 Å². The monoisotopic (exact) mass is 402 g/mol. The lowest BCUT2D eigenvalue weighted by atomic mass is 10.1. The van der Waals surface area contributed by atoms with Crippen LogP contribution in [0.25, 0.3) is 0 Å². The minimum absolute atomic E-state index is 0. The molecule has 0 aliphatic carbocycles. The summed E-state index contributed by atoms with van der Waals surface area (Å²) >= 11 is 0. The zero-order valence-corrected chi connectivity index (χ0v) is 15.5. The maximum atomic E-state index is 12.9. The van der Waals surface area contributed by atoms with Gasteiger partial charge in [0.15, 0.2) is 11.5 Å². The average Bonchev–Trinajstić information content (AvgIpc) is 3.23. The number of ether oxygens (including phenoxy) is 3. The molecular weight excluding hydrogens is 382 g/mol. The van der Waals surface area contributed by atoms with Crippen molar-refractivity contribution < 1.29 is 23.0 Å². The summed E-state index contributed by atoms with van der Waals surface area (Å²) in [6.07, 6.45) is 3.65. The number of aryl methyl sites for hydroxylation is 1. The van der Waals surface area contributed by atoms with Crippen LogP contribution in [0.4, 0.5) is 8.78 Å². The van der Waals surface area contributed by atoms with E-state index in [2.05, 4.69) is 15.2 Å². The van der Waals surface area contributed by atoms with Crippen LogP contribution in [0.5, 0.6) is 17.2 Å². The van der Waals surface area contributed by atoms with E-state index in [1.54, 1.807) is 12.3 Å². The van der Waals surface area contributed by atoms with Crippen molar-refractivity contribution in [3.05, 3.63) is 35.9 Å². The molecule has 1 aromatic carbocycles. The van der Waals surface area contributed by atoms with Crippen LogP contribution in [0.15, 0.2) is 24.5 Å². The number of benzene rings is 1. The highest BCUT2D eigenvalue weighted by Gasteiger charge is 2.29. The summed E-state index contributed by atoms with van der Waals surface area (Å²) in [6, 6.07) is 3.23. The molecule has 7 nitrogen and oxygen atoms in total. The van der Waals surface area contributed by atoms with Gasteiger partial charge in [-0.15, -0.1) is 12.4 Å². The highest BCUT2D eigenvalue weighted by molar-refractivity contribution is 5.85. The first-order valence-corrected chi connectivity index (χ1v) is 8.41. The molecule has 0 saturated carbocycles. The van der Waals surface area contributed by atoms with Crippen LogP contribution >= 0.6 is 12.4 Å². The Morgan fingerprint density at radius 3 is 2.81 bits per heavy atom. The van der Waals surface area contributed by atoms with Crippen LogP contribution in [0.2, 0.25) is 0 Å². The Morgan fingerprint density at radius 1 is 1.33 bits per heavy atom. The molecule has 1 saturated heterocycles. The maximum Gasteiger partial charge on any atom is 0.387 e. The summed E-state index contributed by atoms with van der Waals surface area (Å²) in [6.45, 7) is -0.0618. The summed E-state index contributed by atoms with van der Waals surface area (Å²) < 4.78 is 43.1. The zero-order valence-electron chi connectivity index (χ0n) is 14.7. The van der Waals surface area contributed by atoms with Crippen molar-refractivity contribution in [3.63, 3.8) is 0 Å². The smallest absolute Gasteiger partial charge is 0.387 e. The molecule has 0 amide bonds. The molecule has 0 radical (unpaired) electrons. The molecule has 3 heterocycles. The third kappa shape index (κ3) is 4.10. The quantitative estimate of drug-likeness (QED) is 0.828. The topological polar surface area (TPSA) is 60.8 Å². The normalized spacial score (nSPS) is 19.2. The first-order valence-electron chi connectivity index (χ1n) is 8.41. The molecule has 1 atom stereocenters. The second-order valence-corrected chi connectivity index (χ2v) is 6.28. The Labute approximate surface area is 161 Å². The van der Waals surface area contributed by atoms with E-state index in [9.17, 15) is 8.78 Å². The van der Waals surface area contributed by atoms with Crippen LogP contribution in [0.1, 0.15) is 17.4 Å². The van der Waals surface area contributed by atoms with E-state index in [0.29, 0.717) is 23.6 Å². The molecule has 1 N–H and O–H groups in total. The van der Waals surface area contributed by atoms with Crippen molar-refractivity contribution in [1.82, 2.24) is 19.8 Å². The van der Waals surface area contributed by atoms with E-state index < -0.39 is 6.61 Å². The van der Waals surface area contributed by atoms with Crippen molar-refractivity contribution in [1.29, 1.82) is 0 Å². The molecular formula is C17H21ClF2N4O3. The van der Waals surface area contributed by atoms with Crippen molar-refractivity contribution >= 4 is 12.4 Å². The molecule has 1 fully saturated rings. The van der Waals surface area contributed by atoms with Gasteiger partial charge < -0.3 is 24.1 Å². The maximum absolute atomic E-state index is 12.9. The SMILES string of the molecule is Cl.Cn1ccnc1C1CNCCN1Cc1cc2c(cc1OC(F)F)OCO2. The first-order chi connectivity index (χ1) is 12.6. The van der Waals surface area contributed by atoms with Gasteiger partial charge in [-0.25, -0.2) is 4.98 Å². The fraction of sp³-hybridized carbons (Fsp3) is 0.471. The number of fused-ring (bicyclic) bond motifs is 1. The molecule has 1 aromatic heterocycles. The first kappa shape index (κ1) is 19.7. The fourth-order valence-electron chi connectivity index (χ4n) is 3.40. The van der Waals surface area contributed by atoms with E-state index in [4.69, 9.17) is 14.2 Å². The van der Waals surface area contributed by atoms with Gasteiger partial charge in [0.25, 0.3) is 0 Å². The minimum Gasteiger partial charge on any atom is -0.454 e. The third-order valence-electron chi connectivity index (χ3n) is 4.66. The van der Waals surface area contributed by atoms with Crippen molar-refractivity contribution in [2.75, 3.05) is 26.4 Å².